The Morgan fingerprint density at radius 1 is 1.47 bits per heavy atom. The number of hydrogen-bond acceptors (Lipinski definition) is 4. The number of anilines is 1. The fourth-order valence-electron chi connectivity index (χ4n) is 1.73. The molecule has 19 heavy (non-hydrogen) atoms. The van der Waals surface area contributed by atoms with Crippen LogP contribution in [-0.4, -0.2) is 42.3 Å². The summed E-state index contributed by atoms with van der Waals surface area (Å²) in [7, 11) is 2.12. The highest BCUT2D eigenvalue weighted by atomic mass is 32.2. The average molecular weight is 297 g/mol. The van der Waals surface area contributed by atoms with Crippen molar-refractivity contribution in [2.75, 3.05) is 31.7 Å². The second kappa shape index (κ2) is 7.72. The zero-order valence-electron chi connectivity index (χ0n) is 12.1. The number of nitrogens with zero attached hydrogens (tertiary/aromatic N) is 1. The second-order valence-electron chi connectivity index (χ2n) is 4.75. The summed E-state index contributed by atoms with van der Waals surface area (Å²) in [6.07, 6.45) is 2.04. The molecule has 1 rings (SSSR count). The van der Waals surface area contributed by atoms with Crippen molar-refractivity contribution in [3.05, 3.63) is 23.8 Å². The van der Waals surface area contributed by atoms with Gasteiger partial charge < -0.3 is 16.0 Å². The fraction of sp³-hybridized carbons (Fsp3) is 0.500. The Morgan fingerprint density at radius 2 is 2.16 bits per heavy atom. The number of hydrogen-bond donors (Lipinski definition) is 2. The maximum Gasteiger partial charge on any atom is 0.107 e. The van der Waals surface area contributed by atoms with Crippen LogP contribution in [0, 0.1) is 0 Å². The molecule has 0 heterocycles. The second-order valence-corrected chi connectivity index (χ2v) is 6.04. The van der Waals surface area contributed by atoms with E-state index in [0.29, 0.717) is 11.0 Å². The highest BCUT2D eigenvalue weighted by molar-refractivity contribution is 7.98. The highest BCUT2D eigenvalue weighted by Gasteiger charge is 2.10. The Bertz CT molecular complexity index is 433. The van der Waals surface area contributed by atoms with Gasteiger partial charge in [-0.2, -0.15) is 0 Å². The predicted molar refractivity (Wildman–Crippen MR) is 90.4 cm³/mol. The van der Waals surface area contributed by atoms with Crippen LogP contribution in [0.3, 0.4) is 0 Å². The molecule has 1 aromatic carbocycles. The van der Waals surface area contributed by atoms with Gasteiger partial charge in [-0.3, -0.25) is 0 Å². The zero-order chi connectivity index (χ0) is 14.4. The molecular weight excluding hydrogens is 274 g/mol. The third kappa shape index (κ3) is 4.67. The fourth-order valence-corrected chi connectivity index (χ4v) is 2.65. The summed E-state index contributed by atoms with van der Waals surface area (Å²) >= 11 is 6.83. The van der Waals surface area contributed by atoms with Gasteiger partial charge in [-0.1, -0.05) is 18.3 Å². The summed E-state index contributed by atoms with van der Waals surface area (Å²) < 4.78 is 0. The third-order valence-corrected chi connectivity index (χ3v) is 4.14. The molecule has 0 aromatic heterocycles. The minimum atomic E-state index is 0.449. The first-order valence-corrected chi connectivity index (χ1v) is 8.01. The Morgan fingerprint density at radius 3 is 2.68 bits per heavy atom. The van der Waals surface area contributed by atoms with Gasteiger partial charge >= 0.3 is 0 Å². The van der Waals surface area contributed by atoms with Crippen molar-refractivity contribution in [2.24, 2.45) is 5.73 Å². The first kappa shape index (κ1) is 16.3. The van der Waals surface area contributed by atoms with Crippen LogP contribution in [0.1, 0.15) is 19.4 Å². The van der Waals surface area contributed by atoms with Crippen molar-refractivity contribution in [3.8, 4) is 0 Å². The van der Waals surface area contributed by atoms with Crippen LogP contribution >= 0.6 is 24.0 Å². The van der Waals surface area contributed by atoms with Crippen LogP contribution in [0.4, 0.5) is 5.69 Å². The van der Waals surface area contributed by atoms with E-state index in [1.807, 2.05) is 24.5 Å². The normalized spacial score (nSPS) is 11.1. The molecule has 0 aliphatic carbocycles. The van der Waals surface area contributed by atoms with E-state index in [1.54, 1.807) is 11.8 Å². The first-order valence-electron chi connectivity index (χ1n) is 6.38. The zero-order valence-corrected chi connectivity index (χ0v) is 13.7. The largest absolute Gasteiger partial charge is 0.389 e. The highest BCUT2D eigenvalue weighted by Crippen LogP contribution is 2.26. The van der Waals surface area contributed by atoms with Gasteiger partial charge in [0.25, 0.3) is 0 Å². The Kier molecular flexibility index (Phi) is 6.62. The lowest BCUT2D eigenvalue weighted by atomic mass is 10.1. The number of benzene rings is 1. The van der Waals surface area contributed by atoms with Crippen LogP contribution in [0.25, 0.3) is 0 Å². The molecular formula is C14H23N3S2. The lowest BCUT2D eigenvalue weighted by Crippen LogP contribution is -2.31. The van der Waals surface area contributed by atoms with E-state index in [4.69, 9.17) is 18.0 Å². The Balaban J connectivity index is 2.75. The van der Waals surface area contributed by atoms with Crippen LogP contribution in [-0.2, 0) is 0 Å². The number of rotatable bonds is 7. The third-order valence-electron chi connectivity index (χ3n) is 3.15. The van der Waals surface area contributed by atoms with Crippen LogP contribution in [0.15, 0.2) is 23.1 Å². The topological polar surface area (TPSA) is 41.3 Å². The van der Waals surface area contributed by atoms with Gasteiger partial charge in [0.15, 0.2) is 0 Å². The number of nitrogens with two attached hydrogens (primary N) is 1. The smallest absolute Gasteiger partial charge is 0.107 e. The van der Waals surface area contributed by atoms with Crippen molar-refractivity contribution in [3.63, 3.8) is 0 Å². The van der Waals surface area contributed by atoms with Gasteiger partial charge in [-0.25, -0.2) is 0 Å². The molecule has 0 bridgehead atoms. The molecule has 3 nitrogen and oxygen atoms in total. The lowest BCUT2D eigenvalue weighted by molar-refractivity contribution is 0.284. The number of likely N-dealkylation sites (N-methyl/N-ethyl adjacent to an activating group) is 1. The van der Waals surface area contributed by atoms with E-state index >= 15 is 0 Å². The minimum absolute atomic E-state index is 0.449. The van der Waals surface area contributed by atoms with Crippen molar-refractivity contribution >= 4 is 34.7 Å². The van der Waals surface area contributed by atoms with Gasteiger partial charge in [-0.15, -0.1) is 11.8 Å². The van der Waals surface area contributed by atoms with E-state index in [9.17, 15) is 0 Å². The molecule has 0 radical (unpaired) electrons. The van der Waals surface area contributed by atoms with Crippen molar-refractivity contribution in [1.82, 2.24) is 4.90 Å². The molecule has 0 atom stereocenters. The number of thiocarbonyl (C=S) groups is 1. The average Bonchev–Trinajstić information content (AvgIpc) is 2.37. The molecule has 0 unspecified atom stereocenters. The molecule has 0 aliphatic rings. The minimum Gasteiger partial charge on any atom is -0.389 e. The van der Waals surface area contributed by atoms with E-state index in [2.05, 4.69) is 31.1 Å². The maximum atomic E-state index is 5.84. The van der Waals surface area contributed by atoms with Crippen molar-refractivity contribution in [1.29, 1.82) is 0 Å². The molecule has 0 aliphatic heterocycles. The summed E-state index contributed by atoms with van der Waals surface area (Å²) in [5.41, 5.74) is 7.82. The summed E-state index contributed by atoms with van der Waals surface area (Å²) in [4.78, 5) is 3.87. The number of thioether (sulfide) groups is 1. The van der Waals surface area contributed by atoms with Crippen LogP contribution in [0.5, 0.6) is 0 Å². The molecule has 5 heteroatoms. The Labute approximate surface area is 125 Å². The van der Waals surface area contributed by atoms with Gasteiger partial charge in [0.2, 0.25) is 0 Å². The van der Waals surface area contributed by atoms with E-state index in [-0.39, 0.29) is 0 Å². The quantitative estimate of drug-likeness (QED) is 0.598. The van der Waals surface area contributed by atoms with Gasteiger partial charge in [-0.05, 0) is 39.3 Å². The standard InChI is InChI=1S/C14H23N3S2/c1-10(2)17(3)9-8-16-11-6-5-7-12(19-4)13(11)14(15)18/h5-7,10,16H,8-9H2,1-4H3,(H2,15,18). The van der Waals surface area contributed by atoms with Crippen molar-refractivity contribution in [2.45, 2.75) is 24.8 Å². The van der Waals surface area contributed by atoms with Gasteiger partial charge in [0.05, 0.1) is 0 Å². The lowest BCUT2D eigenvalue weighted by Gasteiger charge is -2.22. The Hall–Kier alpha value is -0.780. The van der Waals surface area contributed by atoms with Gasteiger partial charge in [0.1, 0.15) is 4.99 Å². The SMILES string of the molecule is CSc1cccc(NCCN(C)C(C)C)c1C(N)=S. The summed E-state index contributed by atoms with van der Waals surface area (Å²) in [5.74, 6) is 0. The molecule has 0 amide bonds. The van der Waals surface area contributed by atoms with Crippen LogP contribution < -0.4 is 11.1 Å². The van der Waals surface area contributed by atoms with Crippen molar-refractivity contribution < 1.29 is 0 Å². The molecule has 0 saturated heterocycles. The molecule has 3 N–H and O–H groups in total. The molecule has 106 valence electrons. The van der Waals surface area contributed by atoms with Gasteiger partial charge in [0, 0.05) is 35.3 Å². The van der Waals surface area contributed by atoms with E-state index in [1.165, 1.54) is 0 Å². The first-order chi connectivity index (χ1) is 8.97. The van der Waals surface area contributed by atoms with E-state index in [0.717, 1.165) is 29.2 Å². The molecule has 0 fully saturated rings. The molecule has 0 saturated carbocycles. The predicted octanol–water partition coefficient (Wildman–Crippen LogP) is 2.79. The molecule has 0 spiro atoms. The molecule has 1 aromatic rings. The monoisotopic (exact) mass is 297 g/mol. The van der Waals surface area contributed by atoms with Crippen LogP contribution in [0.2, 0.25) is 0 Å². The summed E-state index contributed by atoms with van der Waals surface area (Å²) in [6.45, 7) is 6.24. The number of nitrogens with one attached hydrogen (secondary N) is 1. The summed E-state index contributed by atoms with van der Waals surface area (Å²) in [5, 5.41) is 3.43. The van der Waals surface area contributed by atoms with E-state index < -0.39 is 0 Å². The maximum absolute atomic E-state index is 5.84. The summed E-state index contributed by atoms with van der Waals surface area (Å²) in [6, 6.07) is 6.66.